The average molecular weight is 544 g/mol. The molecule has 9 nitrogen and oxygen atoms in total. The van der Waals surface area contributed by atoms with Crippen LogP contribution in [-0.4, -0.2) is 37.7 Å². The third kappa shape index (κ3) is 6.93. The van der Waals surface area contributed by atoms with E-state index in [9.17, 15) is 14.7 Å². The summed E-state index contributed by atoms with van der Waals surface area (Å²) in [7, 11) is 0. The number of hydrogen-bond acceptors (Lipinski definition) is 6. The molecule has 0 aliphatic carbocycles. The Kier molecular flexibility index (Phi) is 8.85. The van der Waals surface area contributed by atoms with Crippen LogP contribution in [-0.2, 0) is 38.8 Å². The summed E-state index contributed by atoms with van der Waals surface area (Å²) in [5.74, 6) is -1.07. The summed E-state index contributed by atoms with van der Waals surface area (Å²) in [5, 5.41) is 21.0. The molecule has 1 fully saturated rings. The first-order chi connectivity index (χ1) is 19.5. The molecule has 1 aromatic heterocycles. The fraction of sp³-hybridized carbons (Fsp3) is 0.323. The molecule has 1 amide bonds. The number of nitrogens with zero attached hydrogens (tertiary/aromatic N) is 2. The fourth-order valence-electron chi connectivity index (χ4n) is 4.89. The van der Waals surface area contributed by atoms with E-state index >= 15 is 0 Å². The van der Waals surface area contributed by atoms with Gasteiger partial charge in [-0.3, -0.25) is 9.59 Å². The van der Waals surface area contributed by atoms with Crippen molar-refractivity contribution >= 4 is 22.9 Å². The van der Waals surface area contributed by atoms with Gasteiger partial charge in [0.1, 0.15) is 0 Å². The maximum atomic E-state index is 12.0. The summed E-state index contributed by atoms with van der Waals surface area (Å²) in [6.07, 6.45) is 2.06. The predicted octanol–water partition coefficient (Wildman–Crippen LogP) is 4.65. The van der Waals surface area contributed by atoms with Crippen LogP contribution >= 0.6 is 0 Å². The minimum absolute atomic E-state index is 0.0109. The van der Waals surface area contributed by atoms with Gasteiger partial charge in [-0.25, -0.2) is 4.98 Å². The molecule has 208 valence electrons. The monoisotopic (exact) mass is 543 g/mol. The zero-order valence-corrected chi connectivity index (χ0v) is 22.1. The van der Waals surface area contributed by atoms with Gasteiger partial charge in [-0.15, -0.1) is 0 Å². The van der Waals surface area contributed by atoms with E-state index < -0.39 is 12.3 Å². The zero-order chi connectivity index (χ0) is 27.9. The molecule has 40 heavy (non-hydrogen) atoms. The van der Waals surface area contributed by atoms with Gasteiger partial charge in [0.2, 0.25) is 5.91 Å². The number of hydrogen-bond donors (Lipinski definition) is 3. The number of aliphatic carboxylic acids is 1. The van der Waals surface area contributed by atoms with E-state index in [0.717, 1.165) is 33.3 Å². The third-order valence-corrected chi connectivity index (χ3v) is 7.08. The van der Waals surface area contributed by atoms with Crippen LogP contribution in [0.5, 0.6) is 0 Å². The Balaban J connectivity index is 1.29. The smallest absolute Gasteiger partial charge is 0.303 e. The second-order valence-corrected chi connectivity index (χ2v) is 10.0. The molecule has 0 spiro atoms. The van der Waals surface area contributed by atoms with Crippen molar-refractivity contribution in [3.05, 3.63) is 101 Å². The Labute approximate surface area is 232 Å². The number of para-hydroxylation sites is 2. The number of carboxylic acid groups (broad SMARTS) is 1. The summed E-state index contributed by atoms with van der Waals surface area (Å²) >= 11 is 0. The maximum absolute atomic E-state index is 12.0. The highest BCUT2D eigenvalue weighted by atomic mass is 16.7. The summed E-state index contributed by atoms with van der Waals surface area (Å²) < 4.78 is 15.0. The first kappa shape index (κ1) is 27.5. The summed E-state index contributed by atoms with van der Waals surface area (Å²) in [6.45, 7) is 0.968. The number of fused-ring (bicyclic) bond motifs is 1. The molecule has 1 aliphatic rings. The molecule has 1 aliphatic heterocycles. The second kappa shape index (κ2) is 12.9. The number of carbonyl (C=O) groups is 2. The Bertz CT molecular complexity index is 1430. The number of carbonyl (C=O) groups excluding carboxylic acids is 1. The molecule has 0 unspecified atom stereocenters. The Morgan fingerprint density at radius 3 is 2.40 bits per heavy atom. The summed E-state index contributed by atoms with van der Waals surface area (Å²) in [5.41, 5.74) is 5.64. The molecular formula is C31H33N3O6. The molecule has 3 aromatic carbocycles. The minimum Gasteiger partial charge on any atom is -0.481 e. The quantitative estimate of drug-likeness (QED) is 0.252. The van der Waals surface area contributed by atoms with E-state index in [4.69, 9.17) is 14.6 Å². The average Bonchev–Trinajstić information content (AvgIpc) is 3.38. The molecular weight excluding hydrogens is 510 g/mol. The predicted molar refractivity (Wildman–Crippen MR) is 148 cm³/mol. The number of amides is 1. The molecule has 1 saturated heterocycles. The van der Waals surface area contributed by atoms with Crippen molar-refractivity contribution < 1.29 is 29.3 Å². The van der Waals surface area contributed by atoms with Gasteiger partial charge in [0.05, 0.1) is 42.7 Å². The van der Waals surface area contributed by atoms with Crippen LogP contribution in [0.25, 0.3) is 11.0 Å². The van der Waals surface area contributed by atoms with Gasteiger partial charge in [-0.05, 0) is 35.2 Å². The van der Waals surface area contributed by atoms with Crippen LogP contribution in [0.2, 0.25) is 0 Å². The Morgan fingerprint density at radius 2 is 1.65 bits per heavy atom. The number of aliphatic hydroxyl groups excluding tert-OH is 1. The molecule has 0 bridgehead atoms. The Hall–Kier alpha value is -4.05. The molecule has 2 heterocycles. The van der Waals surface area contributed by atoms with Crippen molar-refractivity contribution in [1.82, 2.24) is 14.9 Å². The van der Waals surface area contributed by atoms with Gasteiger partial charge >= 0.3 is 5.97 Å². The van der Waals surface area contributed by atoms with E-state index in [2.05, 4.69) is 14.9 Å². The first-order valence-corrected chi connectivity index (χ1v) is 13.5. The lowest BCUT2D eigenvalue weighted by Crippen LogP contribution is -2.32. The zero-order valence-electron chi connectivity index (χ0n) is 22.1. The van der Waals surface area contributed by atoms with Crippen LogP contribution in [0.15, 0.2) is 79.1 Å². The van der Waals surface area contributed by atoms with Gasteiger partial charge in [-0.1, -0.05) is 60.7 Å². The number of aromatic nitrogens is 2. The lowest BCUT2D eigenvalue weighted by atomic mass is 9.99. The number of ether oxygens (including phenoxy) is 2. The molecule has 5 rings (SSSR count). The number of carboxylic acids is 1. The van der Waals surface area contributed by atoms with E-state index in [1.54, 1.807) is 0 Å². The van der Waals surface area contributed by atoms with Crippen molar-refractivity contribution in [3.63, 3.8) is 0 Å². The minimum atomic E-state index is -0.902. The van der Waals surface area contributed by atoms with E-state index in [1.165, 1.54) is 0 Å². The molecule has 4 aromatic rings. The van der Waals surface area contributed by atoms with Crippen molar-refractivity contribution in [3.8, 4) is 0 Å². The standard InChI is InChI=1S/C31H33N3O6/c35-19-22-10-12-23(13-11-22)28-16-25(18-34-20-33-26-4-1-2-5-27(26)34)39-31(40-28)24-14-8-21(9-15-24)17-32-29(36)6-3-7-30(37)38/h1-2,4-5,8-15,20,25,28,31,35H,3,6-7,16-19H2,(H,32,36)(H,37,38)/t25-,28+,31+/m0/s1. The van der Waals surface area contributed by atoms with Gasteiger partial charge < -0.3 is 29.6 Å². The maximum Gasteiger partial charge on any atom is 0.303 e. The van der Waals surface area contributed by atoms with E-state index in [0.29, 0.717) is 25.9 Å². The normalized spacial score (nSPS) is 19.0. The lowest BCUT2D eigenvalue weighted by molar-refractivity contribution is -0.252. The molecule has 3 N–H and O–H groups in total. The molecule has 0 saturated carbocycles. The summed E-state index contributed by atoms with van der Waals surface area (Å²) in [6, 6.07) is 23.6. The van der Waals surface area contributed by atoms with Crippen LogP contribution in [0.1, 0.15) is 60.3 Å². The molecule has 9 heteroatoms. The van der Waals surface area contributed by atoms with Crippen LogP contribution < -0.4 is 5.32 Å². The topological polar surface area (TPSA) is 123 Å². The third-order valence-electron chi connectivity index (χ3n) is 7.08. The van der Waals surface area contributed by atoms with Crippen LogP contribution in [0, 0.1) is 0 Å². The van der Waals surface area contributed by atoms with Crippen molar-refractivity contribution in [1.29, 1.82) is 0 Å². The highest BCUT2D eigenvalue weighted by Crippen LogP contribution is 2.38. The molecule has 0 radical (unpaired) electrons. The largest absolute Gasteiger partial charge is 0.481 e. The lowest BCUT2D eigenvalue weighted by Gasteiger charge is -2.36. The van der Waals surface area contributed by atoms with E-state index in [1.807, 2.05) is 79.1 Å². The number of rotatable bonds is 11. The van der Waals surface area contributed by atoms with Crippen molar-refractivity contribution in [2.24, 2.45) is 0 Å². The SMILES string of the molecule is O=C(O)CCCC(=O)NCc1ccc([C@@H]2O[C@H](Cn3cnc4ccccc43)C[C@H](c3ccc(CO)cc3)O2)cc1. The number of imidazole rings is 1. The molecule has 3 atom stereocenters. The van der Waals surface area contributed by atoms with Crippen LogP contribution in [0.3, 0.4) is 0 Å². The highest BCUT2D eigenvalue weighted by molar-refractivity contribution is 5.76. The van der Waals surface area contributed by atoms with Crippen LogP contribution in [0.4, 0.5) is 0 Å². The van der Waals surface area contributed by atoms with Gasteiger partial charge in [0.15, 0.2) is 6.29 Å². The second-order valence-electron chi connectivity index (χ2n) is 10.0. The number of benzene rings is 3. The Morgan fingerprint density at radius 1 is 0.925 bits per heavy atom. The van der Waals surface area contributed by atoms with Gasteiger partial charge in [0.25, 0.3) is 0 Å². The van der Waals surface area contributed by atoms with Gasteiger partial charge in [0, 0.05) is 31.4 Å². The highest BCUT2D eigenvalue weighted by Gasteiger charge is 2.32. The fourth-order valence-corrected chi connectivity index (χ4v) is 4.89. The summed E-state index contributed by atoms with van der Waals surface area (Å²) in [4.78, 5) is 27.2. The number of nitrogens with one attached hydrogen (secondary N) is 1. The first-order valence-electron chi connectivity index (χ1n) is 13.5. The van der Waals surface area contributed by atoms with Crippen molar-refractivity contribution in [2.45, 2.75) is 63.9 Å². The number of aliphatic hydroxyl groups is 1. The van der Waals surface area contributed by atoms with Gasteiger partial charge in [-0.2, -0.15) is 0 Å². The van der Waals surface area contributed by atoms with Crippen molar-refractivity contribution in [2.75, 3.05) is 0 Å². The van der Waals surface area contributed by atoms with E-state index in [-0.39, 0.29) is 37.6 Å².